The Morgan fingerprint density at radius 3 is 2.44 bits per heavy atom. The highest BCUT2D eigenvalue weighted by atomic mass is 16.3. The molecule has 0 bridgehead atoms. The Labute approximate surface area is 53.0 Å². The van der Waals surface area contributed by atoms with E-state index in [-0.39, 0.29) is 11.3 Å². The lowest BCUT2D eigenvalue weighted by molar-refractivity contribution is -0.268. The lowest BCUT2D eigenvalue weighted by Gasteiger charge is -2.03. The molecule has 0 heterocycles. The molecule has 9 heavy (non-hydrogen) atoms. The molecule has 0 aliphatic heterocycles. The molecule has 1 aromatic rings. The van der Waals surface area contributed by atoms with Crippen LogP contribution in [0.2, 0.25) is 0 Å². The molecule has 0 spiro atoms. The molecular weight excluding hydrogens is 114 g/mol. The zero-order valence-electron chi connectivity index (χ0n) is 4.66. The van der Waals surface area contributed by atoms with E-state index in [2.05, 4.69) is 0 Å². The van der Waals surface area contributed by atoms with E-state index in [9.17, 15) is 5.11 Å². The SMILES string of the molecule is N#Cc1ccccc1[O-]. The maximum atomic E-state index is 10.6. The monoisotopic (exact) mass is 118 g/mol. The van der Waals surface area contributed by atoms with Crippen molar-refractivity contribution < 1.29 is 5.11 Å². The van der Waals surface area contributed by atoms with Gasteiger partial charge < -0.3 is 5.11 Å². The summed E-state index contributed by atoms with van der Waals surface area (Å²) >= 11 is 0. The predicted octanol–water partition coefficient (Wildman–Crippen LogP) is 0.632. The fraction of sp³-hybridized carbons (Fsp3) is 0. The molecule has 0 aliphatic carbocycles. The van der Waals surface area contributed by atoms with Gasteiger partial charge in [-0.3, -0.25) is 0 Å². The van der Waals surface area contributed by atoms with E-state index in [1.807, 2.05) is 0 Å². The number of hydrogen-bond acceptors (Lipinski definition) is 2. The molecular formula is C7H4NO-. The zero-order valence-corrected chi connectivity index (χ0v) is 4.66. The van der Waals surface area contributed by atoms with Crippen molar-refractivity contribution in [1.29, 1.82) is 5.26 Å². The van der Waals surface area contributed by atoms with Crippen LogP contribution in [-0.4, -0.2) is 0 Å². The predicted molar refractivity (Wildman–Crippen MR) is 30.6 cm³/mol. The van der Waals surface area contributed by atoms with Crippen molar-refractivity contribution >= 4 is 0 Å². The van der Waals surface area contributed by atoms with Gasteiger partial charge in [0.05, 0.1) is 6.07 Å². The Morgan fingerprint density at radius 1 is 1.33 bits per heavy atom. The van der Waals surface area contributed by atoms with Crippen LogP contribution >= 0.6 is 0 Å². The summed E-state index contributed by atoms with van der Waals surface area (Å²) in [4.78, 5) is 0. The largest absolute Gasteiger partial charge is 0.872 e. The smallest absolute Gasteiger partial charge is 0.0985 e. The van der Waals surface area contributed by atoms with Crippen molar-refractivity contribution in [3.63, 3.8) is 0 Å². The van der Waals surface area contributed by atoms with E-state index < -0.39 is 0 Å². The minimum Gasteiger partial charge on any atom is -0.872 e. The molecule has 0 saturated heterocycles. The molecule has 2 heteroatoms. The van der Waals surface area contributed by atoms with E-state index in [0.717, 1.165) is 0 Å². The van der Waals surface area contributed by atoms with Crippen LogP contribution in [0.4, 0.5) is 0 Å². The van der Waals surface area contributed by atoms with Gasteiger partial charge in [-0.2, -0.15) is 5.26 Å². The minimum atomic E-state index is -0.208. The molecule has 0 unspecified atom stereocenters. The Hall–Kier alpha value is -1.49. The minimum absolute atomic E-state index is 0.206. The fourth-order valence-electron chi connectivity index (χ4n) is 0.559. The van der Waals surface area contributed by atoms with Gasteiger partial charge in [-0.05, 0) is 6.07 Å². The second kappa shape index (κ2) is 2.19. The summed E-state index contributed by atoms with van der Waals surface area (Å²) in [5.41, 5.74) is 0.206. The highest BCUT2D eigenvalue weighted by molar-refractivity contribution is 5.40. The quantitative estimate of drug-likeness (QED) is 0.501. The number of hydrogen-bond donors (Lipinski definition) is 0. The van der Waals surface area contributed by atoms with Gasteiger partial charge in [-0.25, -0.2) is 0 Å². The van der Waals surface area contributed by atoms with Gasteiger partial charge in [0.25, 0.3) is 0 Å². The summed E-state index contributed by atoms with van der Waals surface area (Å²) in [5.74, 6) is -0.208. The molecule has 44 valence electrons. The first kappa shape index (κ1) is 5.64. The lowest BCUT2D eigenvalue weighted by Crippen LogP contribution is -1.91. The van der Waals surface area contributed by atoms with Crippen LogP contribution < -0.4 is 5.11 Å². The van der Waals surface area contributed by atoms with Crippen molar-refractivity contribution in [3.8, 4) is 11.8 Å². The van der Waals surface area contributed by atoms with Crippen LogP contribution in [0.1, 0.15) is 5.56 Å². The number of nitriles is 1. The molecule has 2 nitrogen and oxygen atoms in total. The maximum Gasteiger partial charge on any atom is 0.0985 e. The van der Waals surface area contributed by atoms with Gasteiger partial charge >= 0.3 is 0 Å². The van der Waals surface area contributed by atoms with Crippen molar-refractivity contribution in [2.24, 2.45) is 0 Å². The number of para-hydroxylation sites is 1. The molecule has 0 N–H and O–H groups in total. The summed E-state index contributed by atoms with van der Waals surface area (Å²) in [6.45, 7) is 0. The third-order valence-corrected chi connectivity index (χ3v) is 1.01. The Bertz CT molecular complexity index is 249. The van der Waals surface area contributed by atoms with Crippen molar-refractivity contribution in [2.45, 2.75) is 0 Å². The summed E-state index contributed by atoms with van der Waals surface area (Å²) in [6.07, 6.45) is 0. The fourth-order valence-corrected chi connectivity index (χ4v) is 0.559. The number of rotatable bonds is 0. The van der Waals surface area contributed by atoms with Crippen molar-refractivity contribution in [1.82, 2.24) is 0 Å². The lowest BCUT2D eigenvalue weighted by atomic mass is 10.2. The first-order chi connectivity index (χ1) is 4.34. The molecule has 0 aromatic heterocycles. The average molecular weight is 118 g/mol. The van der Waals surface area contributed by atoms with E-state index in [4.69, 9.17) is 5.26 Å². The maximum absolute atomic E-state index is 10.6. The summed E-state index contributed by atoms with van der Waals surface area (Å²) < 4.78 is 0. The highest BCUT2D eigenvalue weighted by Crippen LogP contribution is 2.08. The topological polar surface area (TPSA) is 46.8 Å². The highest BCUT2D eigenvalue weighted by Gasteiger charge is 1.84. The second-order valence-corrected chi connectivity index (χ2v) is 1.61. The molecule has 0 fully saturated rings. The van der Waals surface area contributed by atoms with Crippen LogP contribution in [0, 0.1) is 11.3 Å². The Kier molecular flexibility index (Phi) is 1.37. The molecule has 0 radical (unpaired) electrons. The van der Waals surface area contributed by atoms with Gasteiger partial charge in [-0.15, -0.1) is 0 Å². The number of nitrogens with zero attached hydrogens (tertiary/aromatic N) is 1. The van der Waals surface area contributed by atoms with Crippen LogP contribution in [0.5, 0.6) is 5.75 Å². The third kappa shape index (κ3) is 1.000. The van der Waals surface area contributed by atoms with Gasteiger partial charge in [0.2, 0.25) is 0 Å². The van der Waals surface area contributed by atoms with Crippen LogP contribution in [0.25, 0.3) is 0 Å². The summed E-state index contributed by atoms with van der Waals surface area (Å²) in [5, 5.41) is 18.9. The standard InChI is InChI=1S/C7H5NO/c8-5-6-3-1-2-4-7(6)9/h1-4,9H/p-1. The van der Waals surface area contributed by atoms with Crippen molar-refractivity contribution in [3.05, 3.63) is 29.8 Å². The summed E-state index contributed by atoms with van der Waals surface area (Å²) in [7, 11) is 0. The molecule has 0 atom stereocenters. The zero-order chi connectivity index (χ0) is 6.69. The van der Waals surface area contributed by atoms with E-state index in [1.54, 1.807) is 18.2 Å². The van der Waals surface area contributed by atoms with Gasteiger partial charge in [0, 0.05) is 5.56 Å². The van der Waals surface area contributed by atoms with Gasteiger partial charge in [0.15, 0.2) is 0 Å². The Balaban J connectivity index is 3.20. The molecule has 1 rings (SSSR count). The second-order valence-electron chi connectivity index (χ2n) is 1.61. The van der Waals surface area contributed by atoms with Gasteiger partial charge in [0.1, 0.15) is 0 Å². The Morgan fingerprint density at radius 2 is 2.00 bits per heavy atom. The summed E-state index contributed by atoms with van der Waals surface area (Å²) in [6, 6.07) is 7.94. The third-order valence-electron chi connectivity index (χ3n) is 1.01. The van der Waals surface area contributed by atoms with Crippen molar-refractivity contribution in [2.75, 3.05) is 0 Å². The van der Waals surface area contributed by atoms with E-state index in [0.29, 0.717) is 0 Å². The molecule has 0 aliphatic rings. The molecule has 0 amide bonds. The number of benzene rings is 1. The molecule has 0 saturated carbocycles. The van der Waals surface area contributed by atoms with E-state index >= 15 is 0 Å². The normalized spacial score (nSPS) is 8.33. The molecule has 1 aromatic carbocycles. The van der Waals surface area contributed by atoms with Gasteiger partial charge in [-0.1, -0.05) is 23.9 Å². The van der Waals surface area contributed by atoms with Crippen LogP contribution in [-0.2, 0) is 0 Å². The van der Waals surface area contributed by atoms with Crippen LogP contribution in [0.15, 0.2) is 24.3 Å². The average Bonchev–Trinajstić information content (AvgIpc) is 1.89. The first-order valence-corrected chi connectivity index (χ1v) is 2.51. The van der Waals surface area contributed by atoms with E-state index in [1.165, 1.54) is 12.1 Å². The van der Waals surface area contributed by atoms with Crippen LogP contribution in [0.3, 0.4) is 0 Å². The first-order valence-electron chi connectivity index (χ1n) is 2.51.